The van der Waals surface area contributed by atoms with E-state index in [4.69, 9.17) is 11.2 Å². The van der Waals surface area contributed by atoms with Gasteiger partial charge in [0.25, 0.3) is 0 Å². The number of ether oxygens (including phenoxy) is 1. The van der Waals surface area contributed by atoms with E-state index in [1.165, 1.54) is 0 Å². The number of carbonyl (C=O) groups is 1. The van der Waals surface area contributed by atoms with Gasteiger partial charge in [-0.25, -0.2) is 9.97 Å². The molecule has 37 heavy (non-hydrogen) atoms. The fraction of sp³-hybridized carbons (Fsp3) is 0.357. The van der Waals surface area contributed by atoms with Gasteiger partial charge in [-0.15, -0.1) is 6.42 Å². The van der Waals surface area contributed by atoms with Crippen LogP contribution in [0.1, 0.15) is 23.5 Å². The van der Waals surface area contributed by atoms with Crippen molar-refractivity contribution in [2.45, 2.75) is 18.4 Å². The number of hydrogen-bond donors (Lipinski definition) is 1. The highest BCUT2D eigenvalue weighted by Gasteiger charge is 2.28. The Morgan fingerprint density at radius 2 is 2.11 bits per heavy atom. The van der Waals surface area contributed by atoms with Gasteiger partial charge >= 0.3 is 0 Å². The Bertz CT molecular complexity index is 1380. The summed E-state index contributed by atoms with van der Waals surface area (Å²) in [7, 11) is 5.77. The Morgan fingerprint density at radius 3 is 2.86 bits per heavy atom. The van der Waals surface area contributed by atoms with Gasteiger partial charge in [0.1, 0.15) is 11.9 Å². The van der Waals surface area contributed by atoms with E-state index in [1.54, 1.807) is 6.20 Å². The Hall–Kier alpha value is -4.16. The van der Waals surface area contributed by atoms with E-state index in [0.717, 1.165) is 46.4 Å². The normalized spacial score (nSPS) is 19.0. The number of likely N-dealkylation sites (N-methyl/N-ethyl adjacent to an activating group) is 2. The lowest BCUT2D eigenvalue weighted by Gasteiger charge is -2.20. The van der Waals surface area contributed by atoms with Gasteiger partial charge < -0.3 is 19.9 Å². The second kappa shape index (κ2) is 10.4. The van der Waals surface area contributed by atoms with Crippen molar-refractivity contribution in [3.63, 3.8) is 0 Å². The van der Waals surface area contributed by atoms with Gasteiger partial charge in [-0.3, -0.25) is 9.80 Å². The zero-order chi connectivity index (χ0) is 25.9. The molecule has 2 aromatic carbocycles. The van der Waals surface area contributed by atoms with E-state index >= 15 is 0 Å². The number of hydrogen-bond acceptors (Lipinski definition) is 8. The van der Waals surface area contributed by atoms with Crippen LogP contribution in [-0.2, 0) is 4.79 Å². The van der Waals surface area contributed by atoms with Gasteiger partial charge in [-0.05, 0) is 50.0 Å². The Morgan fingerprint density at radius 1 is 1.24 bits per heavy atom. The summed E-state index contributed by atoms with van der Waals surface area (Å²) >= 11 is 0. The first-order valence-corrected chi connectivity index (χ1v) is 12.4. The minimum atomic E-state index is -0.0589. The lowest BCUT2D eigenvalue weighted by atomic mass is 10.00. The molecular formula is C28H31N7O2. The smallest absolute Gasteiger partial charge is 0.236 e. The fourth-order valence-electron chi connectivity index (χ4n) is 4.67. The quantitative estimate of drug-likeness (QED) is 0.503. The molecule has 0 aliphatic carbocycles. The first-order chi connectivity index (χ1) is 17.9. The molecule has 2 aliphatic rings. The molecule has 9 nitrogen and oxygen atoms in total. The van der Waals surface area contributed by atoms with Crippen molar-refractivity contribution in [2.75, 3.05) is 52.6 Å². The molecule has 0 radical (unpaired) electrons. The summed E-state index contributed by atoms with van der Waals surface area (Å²) in [4.78, 5) is 25.4. The molecule has 0 saturated carbocycles. The molecule has 1 saturated heterocycles. The van der Waals surface area contributed by atoms with E-state index in [1.807, 2.05) is 66.4 Å². The monoisotopic (exact) mass is 497 g/mol. The van der Waals surface area contributed by atoms with E-state index < -0.39 is 0 Å². The summed E-state index contributed by atoms with van der Waals surface area (Å²) in [6, 6.07) is 11.8. The van der Waals surface area contributed by atoms with Crippen molar-refractivity contribution in [1.29, 1.82) is 0 Å². The third-order valence-electron chi connectivity index (χ3n) is 6.52. The maximum atomic E-state index is 12.5. The minimum Gasteiger partial charge on any atom is -0.488 e. The van der Waals surface area contributed by atoms with Crippen molar-refractivity contribution in [2.24, 2.45) is 5.10 Å². The Balaban J connectivity index is 1.37. The van der Waals surface area contributed by atoms with Gasteiger partial charge in [0.2, 0.25) is 11.9 Å². The molecule has 1 unspecified atom stereocenters. The van der Waals surface area contributed by atoms with Crippen molar-refractivity contribution in [1.82, 2.24) is 24.8 Å². The maximum Gasteiger partial charge on any atom is 0.236 e. The van der Waals surface area contributed by atoms with E-state index in [0.29, 0.717) is 25.6 Å². The predicted octanol–water partition coefficient (Wildman–Crippen LogP) is 2.91. The molecule has 2 aliphatic heterocycles. The number of nitrogens with zero attached hydrogens (tertiary/aromatic N) is 6. The molecule has 3 aromatic rings. The lowest BCUT2D eigenvalue weighted by molar-refractivity contribution is -0.131. The lowest BCUT2D eigenvalue weighted by Crippen LogP contribution is -2.37. The molecule has 1 amide bonds. The van der Waals surface area contributed by atoms with Crippen LogP contribution in [0.25, 0.3) is 10.9 Å². The number of likely N-dealkylation sites (tertiary alicyclic amines) is 1. The molecule has 5 rings (SSSR count). The van der Waals surface area contributed by atoms with Crippen molar-refractivity contribution < 1.29 is 9.53 Å². The van der Waals surface area contributed by atoms with Gasteiger partial charge in [-0.1, -0.05) is 5.92 Å². The molecule has 190 valence electrons. The molecule has 0 bridgehead atoms. The van der Waals surface area contributed by atoms with Crippen LogP contribution in [0.15, 0.2) is 47.7 Å². The fourth-order valence-corrected chi connectivity index (χ4v) is 4.67. The number of terminal acetylenes is 1. The number of carbonyl (C=O) groups excluding carboxylic acids is 1. The summed E-state index contributed by atoms with van der Waals surface area (Å²) in [6.07, 6.45) is 9.97. The summed E-state index contributed by atoms with van der Waals surface area (Å²) < 4.78 is 6.40. The highest BCUT2D eigenvalue weighted by atomic mass is 16.5. The van der Waals surface area contributed by atoms with Crippen LogP contribution < -0.4 is 10.1 Å². The van der Waals surface area contributed by atoms with Crippen LogP contribution in [0.5, 0.6) is 5.75 Å². The zero-order valence-corrected chi connectivity index (χ0v) is 21.4. The Labute approximate surface area is 217 Å². The van der Waals surface area contributed by atoms with Crippen LogP contribution in [0, 0.1) is 12.3 Å². The molecule has 1 aromatic heterocycles. The first kappa shape index (κ1) is 24.5. The van der Waals surface area contributed by atoms with E-state index in [2.05, 4.69) is 38.4 Å². The van der Waals surface area contributed by atoms with Gasteiger partial charge in [0.15, 0.2) is 0 Å². The standard InChI is InChI=1S/C28H31N7O2/c1-5-19-6-7-26-21(10-19)14-29-28(32-26)31-23-11-20(22-15-30-34(4)16-22)12-25(13-23)37-24-8-9-35(17-24)27(36)18-33(2)3/h1,6-7,10-15,22,24H,8-9,16-18H2,2-4H3,(H,29,31,32)/t22?,24-/m0/s1. The van der Waals surface area contributed by atoms with Crippen molar-refractivity contribution >= 4 is 34.7 Å². The van der Waals surface area contributed by atoms with Crippen molar-refractivity contribution in [3.8, 4) is 18.1 Å². The molecule has 1 N–H and O–H groups in total. The summed E-state index contributed by atoms with van der Waals surface area (Å²) in [6.45, 7) is 2.49. The number of amides is 1. The highest BCUT2D eigenvalue weighted by molar-refractivity contribution is 5.81. The molecule has 1 fully saturated rings. The average molecular weight is 498 g/mol. The Kier molecular flexibility index (Phi) is 6.93. The van der Waals surface area contributed by atoms with Crippen LogP contribution >= 0.6 is 0 Å². The third kappa shape index (κ3) is 5.81. The SMILES string of the molecule is C#Cc1ccc2nc(Nc3cc(O[C@H]4CCN(C(=O)CN(C)C)C4)cc(C4C=NN(C)C4)c3)ncc2c1. The summed E-state index contributed by atoms with van der Waals surface area (Å²) in [5, 5.41) is 10.6. The van der Waals surface area contributed by atoms with Gasteiger partial charge in [0.05, 0.1) is 18.6 Å². The molecular weight excluding hydrogens is 466 g/mol. The molecule has 0 spiro atoms. The number of aromatic nitrogens is 2. The van der Waals surface area contributed by atoms with Crippen LogP contribution in [0.4, 0.5) is 11.6 Å². The second-order valence-corrected chi connectivity index (χ2v) is 9.84. The predicted molar refractivity (Wildman–Crippen MR) is 145 cm³/mol. The number of rotatable bonds is 7. The summed E-state index contributed by atoms with van der Waals surface area (Å²) in [5.74, 6) is 4.15. The number of hydrazone groups is 1. The number of benzene rings is 2. The van der Waals surface area contributed by atoms with E-state index in [9.17, 15) is 4.79 Å². The van der Waals surface area contributed by atoms with Gasteiger partial charge in [0, 0.05) is 67.6 Å². The third-order valence-corrected chi connectivity index (χ3v) is 6.52. The maximum absolute atomic E-state index is 12.5. The number of nitrogens with one attached hydrogen (secondary N) is 1. The van der Waals surface area contributed by atoms with Crippen LogP contribution in [0.2, 0.25) is 0 Å². The second-order valence-electron chi connectivity index (χ2n) is 9.84. The van der Waals surface area contributed by atoms with Crippen LogP contribution in [0.3, 0.4) is 0 Å². The van der Waals surface area contributed by atoms with E-state index in [-0.39, 0.29) is 17.9 Å². The average Bonchev–Trinajstić information content (AvgIpc) is 3.52. The first-order valence-electron chi connectivity index (χ1n) is 12.4. The highest BCUT2D eigenvalue weighted by Crippen LogP contribution is 2.31. The number of anilines is 2. The summed E-state index contributed by atoms with van der Waals surface area (Å²) in [5.41, 5.74) is 3.52. The topological polar surface area (TPSA) is 86.2 Å². The zero-order valence-electron chi connectivity index (χ0n) is 21.4. The molecule has 9 heteroatoms. The number of fused-ring (bicyclic) bond motifs is 1. The minimum absolute atomic E-state index is 0.0589. The van der Waals surface area contributed by atoms with Crippen LogP contribution in [-0.4, -0.2) is 90.3 Å². The van der Waals surface area contributed by atoms with Crippen molar-refractivity contribution in [3.05, 3.63) is 53.7 Å². The molecule has 3 heterocycles. The largest absolute Gasteiger partial charge is 0.488 e. The van der Waals surface area contributed by atoms with Gasteiger partial charge in [-0.2, -0.15) is 5.10 Å². The molecule has 2 atom stereocenters.